The second kappa shape index (κ2) is 10.9. The van der Waals surface area contributed by atoms with E-state index in [1.165, 1.54) is 16.8 Å². The highest BCUT2D eigenvalue weighted by Gasteiger charge is 2.11. The summed E-state index contributed by atoms with van der Waals surface area (Å²) in [7, 11) is 0. The van der Waals surface area contributed by atoms with E-state index in [9.17, 15) is 0 Å². The van der Waals surface area contributed by atoms with Crippen molar-refractivity contribution in [1.82, 2.24) is 20.4 Å². The lowest BCUT2D eigenvalue weighted by atomic mass is 10.2. The number of nitrogens with one attached hydrogen (secondary N) is 2. The van der Waals surface area contributed by atoms with Crippen molar-refractivity contribution >= 4 is 29.9 Å². The van der Waals surface area contributed by atoms with E-state index in [2.05, 4.69) is 70.1 Å². The number of aryl methyl sites for hydroxylation is 1. The van der Waals surface area contributed by atoms with Gasteiger partial charge < -0.3 is 10.6 Å². The van der Waals surface area contributed by atoms with Crippen LogP contribution in [0.25, 0.3) is 0 Å². The molecular weight excluding hydrogens is 425 g/mol. The van der Waals surface area contributed by atoms with Crippen molar-refractivity contribution in [1.29, 1.82) is 0 Å². The van der Waals surface area contributed by atoms with Gasteiger partial charge in [0, 0.05) is 24.3 Å². The monoisotopic (exact) mass is 453 g/mol. The summed E-state index contributed by atoms with van der Waals surface area (Å²) in [6.07, 6.45) is 1.82. The molecule has 0 bridgehead atoms. The molecule has 0 spiro atoms. The topological polar surface area (TPSA) is 54.2 Å². The summed E-state index contributed by atoms with van der Waals surface area (Å²) in [4.78, 5) is 4.66. The van der Waals surface area contributed by atoms with Crippen molar-refractivity contribution in [3.05, 3.63) is 65.5 Å². The van der Waals surface area contributed by atoms with E-state index >= 15 is 0 Å². The van der Waals surface area contributed by atoms with Crippen LogP contribution in [-0.4, -0.2) is 28.8 Å². The molecule has 2 aromatic rings. The van der Waals surface area contributed by atoms with Crippen LogP contribution in [0.4, 0.5) is 0 Å². The molecule has 0 aliphatic carbocycles. The lowest BCUT2D eigenvalue weighted by molar-refractivity contribution is 0.658. The molecule has 0 atom stereocenters. The number of benzene rings is 1. The van der Waals surface area contributed by atoms with Crippen LogP contribution in [0.5, 0.6) is 0 Å². The number of nitrogens with zero attached hydrogens (tertiary/aromatic N) is 3. The van der Waals surface area contributed by atoms with E-state index in [-0.39, 0.29) is 24.0 Å². The Hall–Kier alpha value is -1.83. The fourth-order valence-electron chi connectivity index (χ4n) is 2.54. The van der Waals surface area contributed by atoms with Crippen molar-refractivity contribution in [2.75, 3.05) is 13.1 Å². The maximum atomic E-state index is 4.68. The highest BCUT2D eigenvalue weighted by atomic mass is 127. The van der Waals surface area contributed by atoms with E-state index in [1.54, 1.807) is 0 Å². The number of aliphatic imine (C=N–C) groups is 1. The summed E-state index contributed by atoms with van der Waals surface area (Å²) in [5.74, 6) is 0.798. The Morgan fingerprint density at radius 1 is 1.24 bits per heavy atom. The van der Waals surface area contributed by atoms with Crippen molar-refractivity contribution in [2.45, 2.75) is 33.9 Å². The quantitative estimate of drug-likeness (QED) is 0.293. The number of hydrogen-bond donors (Lipinski definition) is 2. The Labute approximate surface area is 167 Å². The standard InChI is InChI=1S/C19H27N5.HI/c1-5-12-21-19(20-6-2)22-13-18-15(3)23-24(16(18)4)14-17-10-8-7-9-11-17;/h5,7-11H,1,6,12-14H2,2-4H3,(H2,20,21,22);1H. The largest absolute Gasteiger partial charge is 0.357 e. The molecule has 0 amide bonds. The zero-order chi connectivity index (χ0) is 17.4. The van der Waals surface area contributed by atoms with Gasteiger partial charge >= 0.3 is 0 Å². The van der Waals surface area contributed by atoms with Gasteiger partial charge in [-0.05, 0) is 26.3 Å². The van der Waals surface area contributed by atoms with E-state index in [0.29, 0.717) is 13.1 Å². The predicted octanol–water partition coefficient (Wildman–Crippen LogP) is 3.41. The zero-order valence-electron chi connectivity index (χ0n) is 15.2. The summed E-state index contributed by atoms with van der Waals surface area (Å²) in [5, 5.41) is 11.1. The molecule has 0 aliphatic rings. The van der Waals surface area contributed by atoms with E-state index in [1.807, 2.05) is 19.1 Å². The van der Waals surface area contributed by atoms with Gasteiger partial charge in [-0.25, -0.2) is 4.99 Å². The number of guanidine groups is 1. The summed E-state index contributed by atoms with van der Waals surface area (Å²) in [6, 6.07) is 10.4. The Morgan fingerprint density at radius 3 is 2.60 bits per heavy atom. The molecule has 6 heteroatoms. The molecule has 2 rings (SSSR count). The highest BCUT2D eigenvalue weighted by molar-refractivity contribution is 14.0. The number of hydrogen-bond acceptors (Lipinski definition) is 2. The first-order valence-corrected chi connectivity index (χ1v) is 8.35. The lowest BCUT2D eigenvalue weighted by Gasteiger charge is -2.09. The fraction of sp³-hybridized carbons (Fsp3) is 0.368. The minimum absolute atomic E-state index is 0. The number of rotatable bonds is 7. The lowest BCUT2D eigenvalue weighted by Crippen LogP contribution is -2.37. The van der Waals surface area contributed by atoms with Gasteiger partial charge in [0.25, 0.3) is 0 Å². The van der Waals surface area contributed by atoms with Crippen LogP contribution in [0.15, 0.2) is 48.0 Å². The predicted molar refractivity (Wildman–Crippen MR) is 116 cm³/mol. The SMILES string of the molecule is C=CCNC(=NCc1c(C)nn(Cc2ccccc2)c1C)NCC.I. The molecule has 1 aromatic carbocycles. The first-order valence-electron chi connectivity index (χ1n) is 8.35. The Balaban J connectivity index is 0.00000312. The number of halogens is 1. The van der Waals surface area contributed by atoms with Gasteiger partial charge in [0.1, 0.15) is 0 Å². The average molecular weight is 453 g/mol. The highest BCUT2D eigenvalue weighted by Crippen LogP contribution is 2.15. The Bertz CT molecular complexity index is 691. The van der Waals surface area contributed by atoms with Crippen LogP contribution in [0.1, 0.15) is 29.4 Å². The third-order valence-electron chi connectivity index (χ3n) is 3.86. The second-order valence-electron chi connectivity index (χ2n) is 5.66. The van der Waals surface area contributed by atoms with Crippen molar-refractivity contribution < 1.29 is 0 Å². The molecule has 2 N–H and O–H groups in total. The van der Waals surface area contributed by atoms with E-state index < -0.39 is 0 Å². The van der Waals surface area contributed by atoms with Crippen LogP contribution in [0.3, 0.4) is 0 Å². The molecular formula is C19H28IN5. The summed E-state index contributed by atoms with van der Waals surface area (Å²) in [6.45, 7) is 12.8. The molecule has 136 valence electrons. The van der Waals surface area contributed by atoms with Crippen LogP contribution >= 0.6 is 24.0 Å². The second-order valence-corrected chi connectivity index (χ2v) is 5.66. The van der Waals surface area contributed by atoms with Crippen LogP contribution in [0, 0.1) is 13.8 Å². The average Bonchev–Trinajstić information content (AvgIpc) is 2.85. The van der Waals surface area contributed by atoms with Crippen molar-refractivity contribution in [2.24, 2.45) is 4.99 Å². The molecule has 25 heavy (non-hydrogen) atoms. The summed E-state index contributed by atoms with van der Waals surface area (Å²) >= 11 is 0. The summed E-state index contributed by atoms with van der Waals surface area (Å²) in [5.41, 5.74) is 4.63. The maximum absolute atomic E-state index is 4.68. The summed E-state index contributed by atoms with van der Waals surface area (Å²) < 4.78 is 2.06. The molecule has 1 heterocycles. The maximum Gasteiger partial charge on any atom is 0.191 e. The van der Waals surface area contributed by atoms with Crippen LogP contribution < -0.4 is 10.6 Å². The zero-order valence-corrected chi connectivity index (χ0v) is 17.6. The van der Waals surface area contributed by atoms with Gasteiger partial charge in [0.2, 0.25) is 0 Å². The van der Waals surface area contributed by atoms with Crippen molar-refractivity contribution in [3.63, 3.8) is 0 Å². The molecule has 1 aromatic heterocycles. The minimum atomic E-state index is 0. The molecule has 0 aliphatic heterocycles. The smallest absolute Gasteiger partial charge is 0.191 e. The molecule has 0 fully saturated rings. The van der Waals surface area contributed by atoms with Crippen molar-refractivity contribution in [3.8, 4) is 0 Å². The van der Waals surface area contributed by atoms with Gasteiger partial charge in [-0.2, -0.15) is 5.10 Å². The Kier molecular flexibility index (Phi) is 9.26. The van der Waals surface area contributed by atoms with Crippen LogP contribution in [0.2, 0.25) is 0 Å². The van der Waals surface area contributed by atoms with Gasteiger partial charge in [0.05, 0.1) is 18.8 Å². The van der Waals surface area contributed by atoms with Gasteiger partial charge in [-0.15, -0.1) is 30.6 Å². The molecule has 0 unspecified atom stereocenters. The third-order valence-corrected chi connectivity index (χ3v) is 3.86. The minimum Gasteiger partial charge on any atom is -0.357 e. The Morgan fingerprint density at radius 2 is 1.96 bits per heavy atom. The molecule has 5 nitrogen and oxygen atoms in total. The molecule has 0 saturated heterocycles. The number of aromatic nitrogens is 2. The fourth-order valence-corrected chi connectivity index (χ4v) is 2.54. The third kappa shape index (κ3) is 6.19. The first kappa shape index (κ1) is 21.2. The van der Waals surface area contributed by atoms with Gasteiger partial charge in [-0.1, -0.05) is 36.4 Å². The normalized spacial score (nSPS) is 10.9. The molecule has 0 saturated carbocycles. The van der Waals surface area contributed by atoms with Gasteiger partial charge in [0.15, 0.2) is 5.96 Å². The van der Waals surface area contributed by atoms with Crippen LogP contribution in [-0.2, 0) is 13.1 Å². The molecule has 0 radical (unpaired) electrons. The van der Waals surface area contributed by atoms with E-state index in [4.69, 9.17) is 0 Å². The van der Waals surface area contributed by atoms with Gasteiger partial charge in [-0.3, -0.25) is 4.68 Å². The first-order chi connectivity index (χ1) is 11.7. The van der Waals surface area contributed by atoms with E-state index in [0.717, 1.165) is 24.7 Å².